The third-order valence-corrected chi connectivity index (χ3v) is 8.61. The molecule has 0 radical (unpaired) electrons. The van der Waals surface area contributed by atoms with Crippen molar-refractivity contribution in [2.75, 3.05) is 33.7 Å². The number of aliphatic hydroxyl groups excluding tert-OH is 1. The molecular formula is C16H34O5Si. The van der Waals surface area contributed by atoms with E-state index in [1.165, 1.54) is 0 Å². The second-order valence-corrected chi connectivity index (χ2v) is 11.7. The maximum Gasteiger partial charge on any atom is 0.191 e. The van der Waals surface area contributed by atoms with Gasteiger partial charge in [-0.3, -0.25) is 0 Å². The fourth-order valence-corrected chi connectivity index (χ4v) is 2.54. The Bertz CT molecular complexity index is 301. The van der Waals surface area contributed by atoms with Gasteiger partial charge >= 0.3 is 0 Å². The number of hydrogen-bond donors (Lipinski definition) is 1. The van der Waals surface area contributed by atoms with Crippen molar-refractivity contribution in [3.05, 3.63) is 12.7 Å². The predicted octanol–water partition coefficient (Wildman–Crippen LogP) is 2.95. The van der Waals surface area contributed by atoms with Crippen molar-refractivity contribution >= 4 is 8.32 Å². The van der Waals surface area contributed by atoms with E-state index < -0.39 is 20.5 Å². The van der Waals surface area contributed by atoms with E-state index in [1.807, 2.05) is 0 Å². The van der Waals surface area contributed by atoms with E-state index >= 15 is 0 Å². The molecule has 0 amide bonds. The number of ether oxygens (including phenoxy) is 3. The van der Waals surface area contributed by atoms with Crippen molar-refractivity contribution in [3.63, 3.8) is 0 Å². The largest absolute Gasteiger partial charge is 0.417 e. The molecule has 0 aliphatic rings. The van der Waals surface area contributed by atoms with Gasteiger partial charge in [0.2, 0.25) is 0 Å². The molecule has 1 N–H and O–H groups in total. The van der Waals surface area contributed by atoms with Crippen LogP contribution in [-0.4, -0.2) is 59.4 Å². The highest BCUT2D eigenvalue weighted by molar-refractivity contribution is 6.74. The first-order valence-corrected chi connectivity index (χ1v) is 10.7. The molecule has 0 saturated carbocycles. The molecule has 22 heavy (non-hydrogen) atoms. The van der Waals surface area contributed by atoms with Crippen LogP contribution >= 0.6 is 0 Å². The van der Waals surface area contributed by atoms with E-state index in [2.05, 4.69) is 40.4 Å². The minimum absolute atomic E-state index is 0.111. The van der Waals surface area contributed by atoms with Gasteiger partial charge in [-0.25, -0.2) is 0 Å². The van der Waals surface area contributed by atoms with E-state index in [4.69, 9.17) is 18.6 Å². The van der Waals surface area contributed by atoms with Crippen LogP contribution in [0.3, 0.4) is 0 Å². The number of hydrogen-bond acceptors (Lipinski definition) is 5. The van der Waals surface area contributed by atoms with E-state index in [0.717, 1.165) is 0 Å². The van der Waals surface area contributed by atoms with Crippen molar-refractivity contribution in [1.82, 2.24) is 0 Å². The molecule has 0 heterocycles. The van der Waals surface area contributed by atoms with Crippen molar-refractivity contribution in [1.29, 1.82) is 0 Å². The van der Waals surface area contributed by atoms with Crippen LogP contribution in [0.5, 0.6) is 0 Å². The highest BCUT2D eigenvalue weighted by Crippen LogP contribution is 2.36. The van der Waals surface area contributed by atoms with Crippen LogP contribution < -0.4 is 0 Å². The van der Waals surface area contributed by atoms with Gasteiger partial charge in [-0.05, 0) is 24.6 Å². The summed E-state index contributed by atoms with van der Waals surface area (Å²) in [6.07, 6.45) is 1.01. The molecule has 2 atom stereocenters. The highest BCUT2D eigenvalue weighted by Gasteiger charge is 2.37. The zero-order valence-corrected chi connectivity index (χ0v) is 16.1. The lowest BCUT2D eigenvalue weighted by Gasteiger charge is -2.36. The first kappa shape index (κ1) is 21.8. The topological polar surface area (TPSA) is 57.2 Å². The van der Waals surface area contributed by atoms with Crippen molar-refractivity contribution in [2.45, 2.75) is 57.5 Å². The maximum absolute atomic E-state index is 10.2. The Morgan fingerprint density at radius 2 is 1.82 bits per heavy atom. The van der Waals surface area contributed by atoms with Crippen molar-refractivity contribution in [3.8, 4) is 0 Å². The van der Waals surface area contributed by atoms with Gasteiger partial charge in [0.15, 0.2) is 8.32 Å². The Kier molecular flexibility index (Phi) is 10.4. The molecule has 6 heteroatoms. The maximum atomic E-state index is 10.2. The summed E-state index contributed by atoms with van der Waals surface area (Å²) in [5.41, 5.74) is 0. The standard InChI is InChI=1S/C16H34O5Si/c1-8-15(20-13-19-12-11-18-5)14(17)9-10-21-22(6,7)16(2,3)4/h8,14-15,17H,1,9-13H2,2-7H3/t14-,15-/m1/s1. The van der Waals surface area contributed by atoms with E-state index in [9.17, 15) is 5.11 Å². The monoisotopic (exact) mass is 334 g/mol. The number of aliphatic hydroxyl groups is 1. The SMILES string of the molecule is C=C[C@@H](OCOCCOC)[C@H](O)CCO[Si](C)(C)C(C)(C)C. The fourth-order valence-electron chi connectivity index (χ4n) is 1.48. The molecular weight excluding hydrogens is 300 g/mol. The zero-order valence-electron chi connectivity index (χ0n) is 15.1. The van der Waals surface area contributed by atoms with E-state index in [-0.39, 0.29) is 11.8 Å². The van der Waals surface area contributed by atoms with Gasteiger partial charge in [0.1, 0.15) is 12.9 Å². The molecule has 132 valence electrons. The molecule has 0 bridgehead atoms. The van der Waals surface area contributed by atoms with Crippen LogP contribution in [0, 0.1) is 0 Å². The molecule has 0 aliphatic carbocycles. The summed E-state index contributed by atoms with van der Waals surface area (Å²) in [4.78, 5) is 0. The second-order valence-electron chi connectivity index (χ2n) is 6.85. The van der Waals surface area contributed by atoms with Gasteiger partial charge < -0.3 is 23.7 Å². The lowest BCUT2D eigenvalue weighted by atomic mass is 10.1. The van der Waals surface area contributed by atoms with Gasteiger partial charge in [-0.15, -0.1) is 6.58 Å². The van der Waals surface area contributed by atoms with Crippen LogP contribution in [0.25, 0.3) is 0 Å². The molecule has 0 aromatic rings. The second kappa shape index (κ2) is 10.5. The molecule has 0 fully saturated rings. The first-order chi connectivity index (χ1) is 10.2. The van der Waals surface area contributed by atoms with Crippen molar-refractivity contribution in [2.24, 2.45) is 0 Å². The average Bonchev–Trinajstić information content (AvgIpc) is 2.41. The normalized spacial score (nSPS) is 15.6. The van der Waals surface area contributed by atoms with Crippen LogP contribution in [-0.2, 0) is 18.6 Å². The Morgan fingerprint density at radius 3 is 2.32 bits per heavy atom. The molecule has 0 spiro atoms. The van der Waals surface area contributed by atoms with Gasteiger partial charge in [0.05, 0.1) is 19.3 Å². The third-order valence-electron chi connectivity index (χ3n) is 4.07. The summed E-state index contributed by atoms with van der Waals surface area (Å²) >= 11 is 0. The fraction of sp³-hybridized carbons (Fsp3) is 0.875. The molecule has 0 aromatic heterocycles. The number of rotatable bonds is 12. The van der Waals surface area contributed by atoms with E-state index in [0.29, 0.717) is 26.2 Å². The highest BCUT2D eigenvalue weighted by atomic mass is 28.4. The molecule has 0 aliphatic heterocycles. The Morgan fingerprint density at radius 1 is 1.18 bits per heavy atom. The summed E-state index contributed by atoms with van der Waals surface area (Å²) in [7, 11) is -0.159. The average molecular weight is 335 g/mol. The Labute approximate surface area is 136 Å². The molecule has 0 saturated heterocycles. The molecule has 5 nitrogen and oxygen atoms in total. The molecule has 0 rings (SSSR count). The van der Waals surface area contributed by atoms with E-state index in [1.54, 1.807) is 13.2 Å². The molecule has 0 aromatic carbocycles. The quantitative estimate of drug-likeness (QED) is 0.257. The Balaban J connectivity index is 4.06. The van der Waals surface area contributed by atoms with Crippen LogP contribution in [0.2, 0.25) is 18.1 Å². The lowest BCUT2D eigenvalue weighted by molar-refractivity contribution is -0.115. The summed E-state index contributed by atoms with van der Waals surface area (Å²) in [6.45, 7) is 16.3. The van der Waals surface area contributed by atoms with Gasteiger partial charge in [0, 0.05) is 13.7 Å². The minimum Gasteiger partial charge on any atom is -0.417 e. The van der Waals surface area contributed by atoms with Crippen LogP contribution in [0.4, 0.5) is 0 Å². The summed E-state index contributed by atoms with van der Waals surface area (Å²) < 4.78 is 21.6. The van der Waals surface area contributed by atoms with Crippen LogP contribution in [0.1, 0.15) is 27.2 Å². The summed E-state index contributed by atoms with van der Waals surface area (Å²) in [6, 6.07) is 0. The summed E-state index contributed by atoms with van der Waals surface area (Å²) in [5, 5.41) is 10.3. The van der Waals surface area contributed by atoms with Gasteiger partial charge in [-0.2, -0.15) is 0 Å². The summed E-state index contributed by atoms with van der Waals surface area (Å²) in [5.74, 6) is 0. The molecule has 0 unspecified atom stereocenters. The third kappa shape index (κ3) is 8.41. The Hall–Kier alpha value is -0.243. The predicted molar refractivity (Wildman–Crippen MR) is 91.5 cm³/mol. The number of methoxy groups -OCH3 is 1. The lowest BCUT2D eigenvalue weighted by Crippen LogP contribution is -2.41. The van der Waals surface area contributed by atoms with Gasteiger partial charge in [-0.1, -0.05) is 26.8 Å². The first-order valence-electron chi connectivity index (χ1n) is 7.78. The zero-order chi connectivity index (χ0) is 17.2. The van der Waals surface area contributed by atoms with Gasteiger partial charge in [0.25, 0.3) is 0 Å². The van der Waals surface area contributed by atoms with Crippen LogP contribution in [0.15, 0.2) is 12.7 Å². The minimum atomic E-state index is -1.77. The smallest absolute Gasteiger partial charge is 0.191 e. The van der Waals surface area contributed by atoms with Crippen molar-refractivity contribution < 1.29 is 23.7 Å².